The Kier molecular flexibility index (Phi) is 9.24. The fraction of sp³-hybridized carbons (Fsp3) is 0.0492. The minimum Gasteiger partial charge on any atom is -0.310 e. The average Bonchev–Trinajstić information content (AvgIpc) is 3.57. The summed E-state index contributed by atoms with van der Waals surface area (Å²) in [4.78, 5) is 2.46. The first kappa shape index (κ1) is 37.3. The molecule has 1 aliphatic rings. The van der Waals surface area contributed by atoms with Gasteiger partial charge in [-0.25, -0.2) is 0 Å². The zero-order valence-electron chi connectivity index (χ0n) is 35.0. The lowest BCUT2D eigenvalue weighted by Crippen LogP contribution is -2.16. The Labute approximate surface area is 364 Å². The van der Waals surface area contributed by atoms with Gasteiger partial charge in [-0.2, -0.15) is 0 Å². The highest BCUT2D eigenvalue weighted by Gasteiger charge is 2.36. The Morgan fingerprint density at radius 3 is 1.47 bits per heavy atom. The SMILES string of the molecule is CC1(C)c2ccccc2-c2ccc(N(c3ccc(-c4cc(-c5ccccc5)cc(-c5ccccc5)c4)cc3)c3ccccc3-c3cccc(-c4cccc5ccccc45)c3)cc21. The average molecular weight is 792 g/mol. The number of fused-ring (bicyclic) bond motifs is 4. The Morgan fingerprint density at radius 1 is 0.290 bits per heavy atom. The second kappa shape index (κ2) is 15.4. The Hall–Kier alpha value is -7.74. The van der Waals surface area contributed by atoms with Crippen molar-refractivity contribution in [1.82, 2.24) is 0 Å². The van der Waals surface area contributed by atoms with Crippen molar-refractivity contribution in [3.63, 3.8) is 0 Å². The highest BCUT2D eigenvalue weighted by atomic mass is 15.1. The van der Waals surface area contributed by atoms with Crippen molar-refractivity contribution in [3.8, 4) is 66.8 Å². The molecule has 1 heteroatoms. The summed E-state index contributed by atoms with van der Waals surface area (Å²) in [6.07, 6.45) is 0. The summed E-state index contributed by atoms with van der Waals surface area (Å²) in [5.41, 5.74) is 20.5. The van der Waals surface area contributed by atoms with E-state index in [0.717, 1.165) is 17.1 Å². The van der Waals surface area contributed by atoms with Crippen LogP contribution < -0.4 is 4.90 Å². The van der Waals surface area contributed by atoms with E-state index in [4.69, 9.17) is 0 Å². The topological polar surface area (TPSA) is 3.24 Å². The van der Waals surface area contributed by atoms with Crippen molar-refractivity contribution in [2.24, 2.45) is 0 Å². The van der Waals surface area contributed by atoms with Crippen LogP contribution in [0.2, 0.25) is 0 Å². The molecule has 0 bridgehead atoms. The van der Waals surface area contributed by atoms with Gasteiger partial charge >= 0.3 is 0 Å². The molecule has 0 atom stereocenters. The van der Waals surface area contributed by atoms with Gasteiger partial charge in [0.15, 0.2) is 0 Å². The third-order valence-corrected chi connectivity index (χ3v) is 12.9. The van der Waals surface area contributed by atoms with Gasteiger partial charge in [0, 0.05) is 22.4 Å². The molecule has 0 aromatic heterocycles. The second-order valence-electron chi connectivity index (χ2n) is 16.9. The quantitative estimate of drug-likeness (QED) is 0.148. The van der Waals surface area contributed by atoms with E-state index in [1.807, 2.05) is 0 Å². The maximum atomic E-state index is 2.46. The van der Waals surface area contributed by atoms with Crippen LogP contribution in [0.5, 0.6) is 0 Å². The van der Waals surface area contributed by atoms with Gasteiger partial charge in [-0.05, 0) is 138 Å². The molecule has 0 spiro atoms. The van der Waals surface area contributed by atoms with Crippen LogP contribution in [-0.2, 0) is 5.41 Å². The van der Waals surface area contributed by atoms with Crippen LogP contribution in [0.15, 0.2) is 237 Å². The molecule has 0 saturated carbocycles. The molecule has 11 rings (SSSR count). The molecule has 294 valence electrons. The van der Waals surface area contributed by atoms with E-state index in [2.05, 4.69) is 255 Å². The van der Waals surface area contributed by atoms with E-state index in [1.54, 1.807) is 0 Å². The molecule has 0 radical (unpaired) electrons. The van der Waals surface area contributed by atoms with Gasteiger partial charge in [-0.1, -0.05) is 196 Å². The third-order valence-electron chi connectivity index (χ3n) is 12.9. The first-order chi connectivity index (χ1) is 30.5. The predicted octanol–water partition coefficient (Wildman–Crippen LogP) is 17.0. The van der Waals surface area contributed by atoms with Crippen LogP contribution in [-0.4, -0.2) is 0 Å². The Balaban J connectivity index is 1.06. The molecular weight excluding hydrogens is 747 g/mol. The summed E-state index contributed by atoms with van der Waals surface area (Å²) in [6.45, 7) is 4.72. The summed E-state index contributed by atoms with van der Waals surface area (Å²) >= 11 is 0. The lowest BCUT2D eigenvalue weighted by molar-refractivity contribution is 0.660. The predicted molar refractivity (Wildman–Crippen MR) is 263 cm³/mol. The van der Waals surface area contributed by atoms with Crippen LogP contribution in [0.1, 0.15) is 25.0 Å². The maximum Gasteiger partial charge on any atom is 0.0540 e. The van der Waals surface area contributed by atoms with Crippen LogP contribution in [0.25, 0.3) is 77.5 Å². The van der Waals surface area contributed by atoms with E-state index in [1.165, 1.54) is 88.7 Å². The van der Waals surface area contributed by atoms with E-state index in [9.17, 15) is 0 Å². The van der Waals surface area contributed by atoms with Crippen LogP contribution in [0.3, 0.4) is 0 Å². The lowest BCUT2D eigenvalue weighted by atomic mass is 9.82. The molecule has 0 saturated heterocycles. The van der Waals surface area contributed by atoms with Gasteiger partial charge in [0.05, 0.1) is 5.69 Å². The fourth-order valence-corrected chi connectivity index (χ4v) is 9.69. The summed E-state index contributed by atoms with van der Waals surface area (Å²) in [5.74, 6) is 0. The zero-order valence-corrected chi connectivity index (χ0v) is 35.0. The number of benzene rings is 10. The molecule has 0 unspecified atom stereocenters. The normalized spacial score (nSPS) is 12.5. The molecule has 10 aromatic rings. The molecule has 0 N–H and O–H groups in total. The van der Waals surface area contributed by atoms with Crippen molar-refractivity contribution in [2.75, 3.05) is 4.90 Å². The van der Waals surface area contributed by atoms with Gasteiger partial charge in [0.1, 0.15) is 0 Å². The first-order valence-electron chi connectivity index (χ1n) is 21.6. The molecule has 10 aromatic carbocycles. The van der Waals surface area contributed by atoms with Crippen molar-refractivity contribution in [1.29, 1.82) is 0 Å². The first-order valence-corrected chi connectivity index (χ1v) is 21.6. The molecule has 1 nitrogen and oxygen atoms in total. The monoisotopic (exact) mass is 791 g/mol. The van der Waals surface area contributed by atoms with Gasteiger partial charge < -0.3 is 4.90 Å². The molecule has 0 amide bonds. The van der Waals surface area contributed by atoms with E-state index >= 15 is 0 Å². The highest BCUT2D eigenvalue weighted by Crippen LogP contribution is 2.51. The van der Waals surface area contributed by atoms with Gasteiger partial charge in [-0.15, -0.1) is 0 Å². The molecule has 0 aliphatic heterocycles. The van der Waals surface area contributed by atoms with E-state index < -0.39 is 0 Å². The zero-order chi connectivity index (χ0) is 41.6. The highest BCUT2D eigenvalue weighted by molar-refractivity contribution is 5.98. The van der Waals surface area contributed by atoms with Crippen LogP contribution in [0.4, 0.5) is 17.1 Å². The summed E-state index contributed by atoms with van der Waals surface area (Å²) in [5, 5.41) is 2.50. The number of para-hydroxylation sites is 1. The smallest absolute Gasteiger partial charge is 0.0540 e. The summed E-state index contributed by atoms with van der Waals surface area (Å²) in [7, 11) is 0. The molecule has 0 heterocycles. The number of nitrogens with zero attached hydrogens (tertiary/aromatic N) is 1. The van der Waals surface area contributed by atoms with Crippen LogP contribution in [0, 0.1) is 0 Å². The van der Waals surface area contributed by atoms with Crippen molar-refractivity contribution in [2.45, 2.75) is 19.3 Å². The summed E-state index contributed by atoms with van der Waals surface area (Å²) in [6, 6.07) is 86.7. The maximum absolute atomic E-state index is 2.46. The van der Waals surface area contributed by atoms with Gasteiger partial charge in [0.25, 0.3) is 0 Å². The molecule has 62 heavy (non-hydrogen) atoms. The minimum atomic E-state index is -0.135. The number of anilines is 3. The lowest BCUT2D eigenvalue weighted by Gasteiger charge is -2.30. The van der Waals surface area contributed by atoms with Crippen molar-refractivity contribution >= 4 is 27.8 Å². The Morgan fingerprint density at radius 2 is 0.758 bits per heavy atom. The number of rotatable bonds is 8. The van der Waals surface area contributed by atoms with E-state index in [0.29, 0.717) is 0 Å². The van der Waals surface area contributed by atoms with Gasteiger partial charge in [-0.3, -0.25) is 0 Å². The Bertz CT molecular complexity index is 3190. The molecular formula is C61H45N. The van der Waals surface area contributed by atoms with Crippen molar-refractivity contribution in [3.05, 3.63) is 248 Å². The second-order valence-corrected chi connectivity index (χ2v) is 16.9. The van der Waals surface area contributed by atoms with Crippen molar-refractivity contribution < 1.29 is 0 Å². The molecule has 0 fully saturated rings. The molecule has 1 aliphatic carbocycles. The van der Waals surface area contributed by atoms with Gasteiger partial charge in [0.2, 0.25) is 0 Å². The largest absolute Gasteiger partial charge is 0.310 e. The standard InChI is InChI=1S/C61H45N/c1-61(2)58-29-13-11-27-56(58)57-36-35-52(41-59(57)61)62(60-30-14-12-26-55(60)47-24-15-23-46(37-47)54-28-16-22-45-21-9-10-25-53(45)54)51-33-31-44(32-34-51)50-39-48(42-17-5-3-6-18-42)38-49(40-50)43-19-7-4-8-20-43/h3-41H,1-2H3. The summed E-state index contributed by atoms with van der Waals surface area (Å²) < 4.78 is 0. The number of hydrogen-bond acceptors (Lipinski definition) is 1. The van der Waals surface area contributed by atoms with Crippen LogP contribution >= 0.6 is 0 Å². The van der Waals surface area contributed by atoms with E-state index in [-0.39, 0.29) is 5.41 Å². The third kappa shape index (κ3) is 6.60. The number of hydrogen-bond donors (Lipinski definition) is 0. The minimum absolute atomic E-state index is 0.135. The fourth-order valence-electron chi connectivity index (χ4n) is 9.69.